The number of hydrogen-bond donors (Lipinski definition) is 0. The zero-order valence-electron chi connectivity index (χ0n) is 9.36. The van der Waals surface area contributed by atoms with Gasteiger partial charge in [0, 0.05) is 24.6 Å². The maximum absolute atomic E-state index is 5.71. The average Bonchev–Trinajstić information content (AvgIpc) is 2.77. The van der Waals surface area contributed by atoms with Crippen LogP contribution in [0.3, 0.4) is 0 Å². The molecule has 4 heteroatoms. The lowest BCUT2D eigenvalue weighted by Gasteiger charge is -2.32. The van der Waals surface area contributed by atoms with Gasteiger partial charge in [-0.25, -0.2) is 4.98 Å². The second-order valence-corrected chi connectivity index (χ2v) is 4.24. The summed E-state index contributed by atoms with van der Waals surface area (Å²) >= 11 is 0. The third-order valence-electron chi connectivity index (χ3n) is 3.27. The molecule has 2 heterocycles. The number of methoxy groups -OCH3 is 1. The van der Waals surface area contributed by atoms with E-state index in [0.29, 0.717) is 19.1 Å². The molecule has 0 saturated carbocycles. The van der Waals surface area contributed by atoms with E-state index in [1.807, 2.05) is 6.07 Å². The van der Waals surface area contributed by atoms with Gasteiger partial charge in [-0.2, -0.15) is 0 Å². The first-order valence-electron chi connectivity index (χ1n) is 5.62. The first-order valence-corrected chi connectivity index (χ1v) is 5.62. The highest BCUT2D eigenvalue weighted by molar-refractivity contribution is 5.29. The molecule has 16 heavy (non-hydrogen) atoms. The van der Waals surface area contributed by atoms with Gasteiger partial charge in [0.25, 0.3) is 0 Å². The predicted molar refractivity (Wildman–Crippen MR) is 57.4 cm³/mol. The minimum absolute atomic E-state index is 0.372. The highest BCUT2D eigenvalue weighted by atomic mass is 16.7. The van der Waals surface area contributed by atoms with Gasteiger partial charge in [0.15, 0.2) is 5.79 Å². The fourth-order valence-electron chi connectivity index (χ4n) is 2.43. The summed E-state index contributed by atoms with van der Waals surface area (Å²) in [5, 5.41) is 0. The van der Waals surface area contributed by atoms with Crippen LogP contribution in [-0.2, 0) is 22.3 Å². The summed E-state index contributed by atoms with van der Waals surface area (Å²) in [6.07, 6.45) is 2.59. The topological polar surface area (TPSA) is 40.6 Å². The molecule has 0 N–H and O–H groups in total. The Labute approximate surface area is 94.5 Å². The van der Waals surface area contributed by atoms with Gasteiger partial charge in [0.1, 0.15) is 0 Å². The van der Waals surface area contributed by atoms with Gasteiger partial charge in [0.2, 0.25) is 5.88 Å². The maximum Gasteiger partial charge on any atom is 0.213 e. The molecule has 1 aromatic rings. The van der Waals surface area contributed by atoms with Crippen molar-refractivity contribution < 1.29 is 14.2 Å². The Morgan fingerprint density at radius 2 is 2.12 bits per heavy atom. The summed E-state index contributed by atoms with van der Waals surface area (Å²) in [6.45, 7) is 1.41. The molecule has 4 nitrogen and oxygen atoms in total. The monoisotopic (exact) mass is 221 g/mol. The molecule has 86 valence electrons. The summed E-state index contributed by atoms with van der Waals surface area (Å²) in [5.74, 6) is 0.312. The standard InChI is InChI=1S/C12H15NO3/c1-14-11-3-2-9-8-12(15-6-7-16-12)5-4-10(9)13-11/h2-3H,4-8H2,1H3. The molecule has 1 aliphatic heterocycles. The van der Waals surface area contributed by atoms with Crippen LogP contribution in [0.4, 0.5) is 0 Å². The molecule has 0 radical (unpaired) electrons. The zero-order chi connectivity index (χ0) is 11.0. The number of nitrogens with zero attached hydrogens (tertiary/aromatic N) is 1. The van der Waals surface area contributed by atoms with Gasteiger partial charge in [0.05, 0.1) is 20.3 Å². The third-order valence-corrected chi connectivity index (χ3v) is 3.27. The van der Waals surface area contributed by atoms with Crippen molar-refractivity contribution >= 4 is 0 Å². The summed E-state index contributed by atoms with van der Waals surface area (Å²) in [6, 6.07) is 3.96. The molecular weight excluding hydrogens is 206 g/mol. The van der Waals surface area contributed by atoms with E-state index >= 15 is 0 Å². The van der Waals surface area contributed by atoms with Crippen molar-refractivity contribution in [2.24, 2.45) is 0 Å². The molecule has 2 aliphatic rings. The number of ether oxygens (including phenoxy) is 3. The van der Waals surface area contributed by atoms with Crippen LogP contribution in [0, 0.1) is 0 Å². The lowest BCUT2D eigenvalue weighted by Crippen LogP contribution is -2.37. The van der Waals surface area contributed by atoms with E-state index in [1.54, 1.807) is 7.11 Å². The molecule has 1 aromatic heterocycles. The van der Waals surface area contributed by atoms with Crippen LogP contribution >= 0.6 is 0 Å². The Morgan fingerprint density at radius 1 is 1.31 bits per heavy atom. The molecule has 1 spiro atoms. The number of rotatable bonds is 1. The van der Waals surface area contributed by atoms with Crippen LogP contribution < -0.4 is 4.74 Å². The lowest BCUT2D eigenvalue weighted by molar-refractivity contribution is -0.164. The number of aromatic nitrogens is 1. The Bertz CT molecular complexity index is 399. The van der Waals surface area contributed by atoms with Gasteiger partial charge in [-0.3, -0.25) is 0 Å². The van der Waals surface area contributed by atoms with E-state index in [1.165, 1.54) is 5.56 Å². The minimum Gasteiger partial charge on any atom is -0.481 e. The molecule has 0 unspecified atom stereocenters. The van der Waals surface area contributed by atoms with Gasteiger partial charge < -0.3 is 14.2 Å². The summed E-state index contributed by atoms with van der Waals surface area (Å²) < 4.78 is 16.6. The van der Waals surface area contributed by atoms with Gasteiger partial charge in [-0.05, 0) is 12.0 Å². The molecule has 3 rings (SSSR count). The van der Waals surface area contributed by atoms with Crippen LogP contribution in [0.5, 0.6) is 5.88 Å². The van der Waals surface area contributed by atoms with E-state index < -0.39 is 0 Å². The minimum atomic E-state index is -0.372. The average molecular weight is 221 g/mol. The number of pyridine rings is 1. The Morgan fingerprint density at radius 3 is 2.88 bits per heavy atom. The van der Waals surface area contributed by atoms with Crippen molar-refractivity contribution in [2.75, 3.05) is 20.3 Å². The van der Waals surface area contributed by atoms with Crippen molar-refractivity contribution in [3.05, 3.63) is 23.4 Å². The van der Waals surface area contributed by atoms with Crippen LogP contribution in [0.15, 0.2) is 12.1 Å². The van der Waals surface area contributed by atoms with Gasteiger partial charge in [-0.1, -0.05) is 6.07 Å². The first-order chi connectivity index (χ1) is 7.81. The maximum atomic E-state index is 5.71. The third kappa shape index (κ3) is 1.58. The summed E-state index contributed by atoms with van der Waals surface area (Å²) in [4.78, 5) is 4.45. The van der Waals surface area contributed by atoms with Crippen molar-refractivity contribution in [3.63, 3.8) is 0 Å². The summed E-state index contributed by atoms with van der Waals surface area (Å²) in [5.41, 5.74) is 2.33. The molecule has 0 aromatic carbocycles. The Balaban J connectivity index is 1.89. The van der Waals surface area contributed by atoms with E-state index in [9.17, 15) is 0 Å². The Kier molecular flexibility index (Phi) is 2.33. The molecule has 1 saturated heterocycles. The quantitative estimate of drug-likeness (QED) is 0.717. The SMILES string of the molecule is COc1ccc2c(n1)CCC1(C2)OCCO1. The molecule has 1 aliphatic carbocycles. The molecule has 1 fully saturated rings. The molecule has 0 atom stereocenters. The first kappa shape index (κ1) is 10.1. The second-order valence-electron chi connectivity index (χ2n) is 4.24. The fourth-order valence-corrected chi connectivity index (χ4v) is 2.43. The van der Waals surface area contributed by atoms with Crippen LogP contribution in [0.25, 0.3) is 0 Å². The smallest absolute Gasteiger partial charge is 0.213 e. The highest BCUT2D eigenvalue weighted by Gasteiger charge is 2.40. The van der Waals surface area contributed by atoms with Crippen LogP contribution in [0.2, 0.25) is 0 Å². The second kappa shape index (κ2) is 3.71. The molecule has 0 bridgehead atoms. The van der Waals surface area contributed by atoms with Crippen molar-refractivity contribution in [1.82, 2.24) is 4.98 Å². The number of hydrogen-bond acceptors (Lipinski definition) is 4. The fraction of sp³-hybridized carbons (Fsp3) is 0.583. The molecule has 0 amide bonds. The number of fused-ring (bicyclic) bond motifs is 1. The summed E-state index contributed by atoms with van der Waals surface area (Å²) in [7, 11) is 1.64. The Hall–Kier alpha value is -1.13. The highest BCUT2D eigenvalue weighted by Crippen LogP contribution is 2.35. The van der Waals surface area contributed by atoms with Gasteiger partial charge in [-0.15, -0.1) is 0 Å². The van der Waals surface area contributed by atoms with Crippen LogP contribution in [0.1, 0.15) is 17.7 Å². The number of aryl methyl sites for hydroxylation is 1. The van der Waals surface area contributed by atoms with Crippen molar-refractivity contribution in [3.8, 4) is 5.88 Å². The van der Waals surface area contributed by atoms with E-state index in [4.69, 9.17) is 14.2 Å². The van der Waals surface area contributed by atoms with Crippen molar-refractivity contribution in [1.29, 1.82) is 0 Å². The van der Waals surface area contributed by atoms with Gasteiger partial charge >= 0.3 is 0 Å². The van der Waals surface area contributed by atoms with E-state index in [-0.39, 0.29) is 5.79 Å². The lowest BCUT2D eigenvalue weighted by atomic mass is 9.91. The zero-order valence-corrected chi connectivity index (χ0v) is 9.36. The van der Waals surface area contributed by atoms with E-state index in [2.05, 4.69) is 11.1 Å². The predicted octanol–water partition coefficient (Wildman–Crippen LogP) is 1.32. The largest absolute Gasteiger partial charge is 0.481 e. The van der Waals surface area contributed by atoms with Crippen LogP contribution in [-0.4, -0.2) is 31.1 Å². The van der Waals surface area contributed by atoms with E-state index in [0.717, 1.165) is 25.0 Å². The normalized spacial score (nSPS) is 22.1. The van der Waals surface area contributed by atoms with Crippen molar-refractivity contribution in [2.45, 2.75) is 25.0 Å². The molecular formula is C12H15NO3.